The molecule has 1 saturated heterocycles. The van der Waals surface area contributed by atoms with Gasteiger partial charge in [-0.15, -0.1) is 12.4 Å². The van der Waals surface area contributed by atoms with Crippen molar-refractivity contribution < 1.29 is 13.3 Å². The first-order valence-electron chi connectivity index (χ1n) is 5.85. The standard InChI is InChI=1S/C11H15N3O4S.ClH/c12-10-5-6-13(7-10)19(17,18)8-9-1-3-11(4-2-9)14(15)16;/h1-4,10H,5-8,12H2;1H. The molecule has 20 heavy (non-hydrogen) atoms. The molecule has 2 rings (SSSR count). The summed E-state index contributed by atoms with van der Waals surface area (Å²) in [7, 11) is -3.40. The lowest BCUT2D eigenvalue weighted by molar-refractivity contribution is -0.384. The van der Waals surface area contributed by atoms with Crippen molar-refractivity contribution in [3.05, 3.63) is 39.9 Å². The number of nitrogens with zero attached hydrogens (tertiary/aromatic N) is 2. The van der Waals surface area contributed by atoms with Crippen LogP contribution in [0.4, 0.5) is 5.69 Å². The number of nitro groups is 1. The number of hydrogen-bond donors (Lipinski definition) is 1. The van der Waals surface area contributed by atoms with E-state index in [1.54, 1.807) is 0 Å². The molecule has 0 radical (unpaired) electrons. The van der Waals surface area contributed by atoms with Crippen molar-refractivity contribution in [2.24, 2.45) is 5.73 Å². The van der Waals surface area contributed by atoms with Crippen molar-refractivity contribution >= 4 is 28.1 Å². The average Bonchev–Trinajstić information content (AvgIpc) is 2.77. The summed E-state index contributed by atoms with van der Waals surface area (Å²) >= 11 is 0. The third-order valence-electron chi connectivity index (χ3n) is 3.08. The fraction of sp³-hybridized carbons (Fsp3) is 0.455. The van der Waals surface area contributed by atoms with E-state index in [1.807, 2.05) is 0 Å². The molecule has 1 aromatic rings. The molecular formula is C11H16ClN3O4S. The van der Waals surface area contributed by atoms with Crippen LogP contribution < -0.4 is 5.73 Å². The topological polar surface area (TPSA) is 107 Å². The molecule has 0 bridgehead atoms. The van der Waals surface area contributed by atoms with Gasteiger partial charge in [0.25, 0.3) is 5.69 Å². The van der Waals surface area contributed by atoms with Crippen LogP contribution in [0.1, 0.15) is 12.0 Å². The summed E-state index contributed by atoms with van der Waals surface area (Å²) in [6.07, 6.45) is 0.666. The molecule has 1 unspecified atom stereocenters. The predicted octanol–water partition coefficient (Wildman–Crippen LogP) is 0.879. The van der Waals surface area contributed by atoms with E-state index in [0.29, 0.717) is 25.1 Å². The van der Waals surface area contributed by atoms with E-state index >= 15 is 0 Å². The fourth-order valence-electron chi connectivity index (χ4n) is 2.02. The van der Waals surface area contributed by atoms with E-state index in [0.717, 1.165) is 0 Å². The monoisotopic (exact) mass is 321 g/mol. The van der Waals surface area contributed by atoms with Crippen molar-refractivity contribution in [2.75, 3.05) is 13.1 Å². The number of benzene rings is 1. The van der Waals surface area contributed by atoms with Crippen molar-refractivity contribution in [3.63, 3.8) is 0 Å². The maximum atomic E-state index is 12.1. The minimum atomic E-state index is -3.40. The zero-order valence-corrected chi connectivity index (χ0v) is 12.3. The molecule has 112 valence electrons. The van der Waals surface area contributed by atoms with Gasteiger partial charge in [0.05, 0.1) is 10.7 Å². The highest BCUT2D eigenvalue weighted by molar-refractivity contribution is 7.88. The van der Waals surface area contributed by atoms with Crippen LogP contribution in [-0.4, -0.2) is 36.8 Å². The van der Waals surface area contributed by atoms with Gasteiger partial charge in [0.2, 0.25) is 10.0 Å². The largest absolute Gasteiger partial charge is 0.326 e. The first-order chi connectivity index (χ1) is 8.88. The van der Waals surface area contributed by atoms with Crippen molar-refractivity contribution in [1.82, 2.24) is 4.31 Å². The van der Waals surface area contributed by atoms with Crippen molar-refractivity contribution in [1.29, 1.82) is 0 Å². The van der Waals surface area contributed by atoms with Crippen molar-refractivity contribution in [2.45, 2.75) is 18.2 Å². The number of sulfonamides is 1. The molecule has 7 nitrogen and oxygen atoms in total. The molecule has 2 N–H and O–H groups in total. The van der Waals surface area contributed by atoms with Gasteiger partial charge in [-0.2, -0.15) is 0 Å². The van der Waals surface area contributed by atoms with Gasteiger partial charge in [0.15, 0.2) is 0 Å². The first-order valence-corrected chi connectivity index (χ1v) is 7.46. The Labute approximate surface area is 123 Å². The van der Waals surface area contributed by atoms with E-state index in [-0.39, 0.29) is 29.9 Å². The second-order valence-corrected chi connectivity index (χ2v) is 6.56. The lowest BCUT2D eigenvalue weighted by atomic mass is 10.2. The zero-order valence-electron chi connectivity index (χ0n) is 10.6. The quantitative estimate of drug-likeness (QED) is 0.654. The Morgan fingerprint density at radius 1 is 1.35 bits per heavy atom. The van der Waals surface area contributed by atoms with Gasteiger partial charge < -0.3 is 5.73 Å². The SMILES string of the molecule is Cl.NC1CCN(S(=O)(=O)Cc2ccc([N+](=O)[O-])cc2)C1. The van der Waals surface area contributed by atoms with Gasteiger partial charge in [-0.1, -0.05) is 12.1 Å². The van der Waals surface area contributed by atoms with E-state index in [1.165, 1.54) is 28.6 Å². The predicted molar refractivity (Wildman–Crippen MR) is 77.1 cm³/mol. The highest BCUT2D eigenvalue weighted by atomic mass is 35.5. The zero-order chi connectivity index (χ0) is 14.0. The van der Waals surface area contributed by atoms with Crippen LogP contribution in [0.2, 0.25) is 0 Å². The maximum Gasteiger partial charge on any atom is 0.269 e. The Bertz CT molecular complexity index is 576. The third kappa shape index (κ3) is 3.89. The summed E-state index contributed by atoms with van der Waals surface area (Å²) in [5, 5.41) is 10.5. The molecule has 0 aromatic heterocycles. The van der Waals surface area contributed by atoms with Crippen LogP contribution >= 0.6 is 12.4 Å². The Morgan fingerprint density at radius 2 is 1.95 bits per heavy atom. The summed E-state index contributed by atoms with van der Waals surface area (Å²) in [6, 6.07) is 5.44. The summed E-state index contributed by atoms with van der Waals surface area (Å²) in [4.78, 5) is 9.99. The van der Waals surface area contributed by atoms with Gasteiger partial charge in [0.1, 0.15) is 0 Å². The summed E-state index contributed by atoms with van der Waals surface area (Å²) in [5.74, 6) is -0.155. The third-order valence-corrected chi connectivity index (χ3v) is 4.89. The molecule has 0 aliphatic carbocycles. The Balaban J connectivity index is 0.00000200. The van der Waals surface area contributed by atoms with E-state index < -0.39 is 14.9 Å². The fourth-order valence-corrected chi connectivity index (χ4v) is 3.62. The lowest BCUT2D eigenvalue weighted by Crippen LogP contribution is -2.32. The minimum absolute atomic E-state index is 0. The molecule has 1 heterocycles. The molecule has 0 saturated carbocycles. The van der Waals surface area contributed by atoms with Gasteiger partial charge in [0, 0.05) is 31.3 Å². The highest BCUT2D eigenvalue weighted by Gasteiger charge is 2.29. The van der Waals surface area contributed by atoms with Gasteiger partial charge >= 0.3 is 0 Å². The number of hydrogen-bond acceptors (Lipinski definition) is 5. The normalized spacial score (nSPS) is 19.6. The molecular weight excluding hydrogens is 306 g/mol. The highest BCUT2D eigenvalue weighted by Crippen LogP contribution is 2.18. The summed E-state index contributed by atoms with van der Waals surface area (Å²) in [6.45, 7) is 0.784. The minimum Gasteiger partial charge on any atom is -0.326 e. The number of nitrogens with two attached hydrogens (primary N) is 1. The van der Waals surface area contributed by atoms with E-state index in [4.69, 9.17) is 5.73 Å². The van der Waals surface area contributed by atoms with Gasteiger partial charge in [-0.05, 0) is 12.0 Å². The smallest absolute Gasteiger partial charge is 0.269 e. The Kier molecular flexibility index (Phi) is 5.46. The number of rotatable bonds is 4. The molecule has 0 amide bonds. The number of nitro benzene ring substituents is 1. The molecule has 0 spiro atoms. The van der Waals surface area contributed by atoms with Gasteiger partial charge in [-0.3, -0.25) is 10.1 Å². The Hall–Kier alpha value is -1.22. The van der Waals surface area contributed by atoms with Crippen LogP contribution in [0.15, 0.2) is 24.3 Å². The Morgan fingerprint density at radius 3 is 2.40 bits per heavy atom. The number of halogens is 1. The molecule has 1 aliphatic rings. The van der Waals surface area contributed by atoms with Crippen LogP contribution in [0.3, 0.4) is 0 Å². The molecule has 1 aromatic carbocycles. The van der Waals surface area contributed by atoms with Crippen LogP contribution in [0, 0.1) is 10.1 Å². The number of non-ortho nitro benzene ring substituents is 1. The summed E-state index contributed by atoms with van der Waals surface area (Å²) in [5.41, 5.74) is 6.17. The molecule has 1 aliphatic heterocycles. The van der Waals surface area contributed by atoms with E-state index in [9.17, 15) is 18.5 Å². The second-order valence-electron chi connectivity index (χ2n) is 4.59. The molecule has 1 fully saturated rings. The average molecular weight is 322 g/mol. The van der Waals surface area contributed by atoms with Gasteiger partial charge in [-0.25, -0.2) is 12.7 Å². The lowest BCUT2D eigenvalue weighted by Gasteiger charge is -2.15. The van der Waals surface area contributed by atoms with Crippen molar-refractivity contribution in [3.8, 4) is 0 Å². The van der Waals surface area contributed by atoms with Crippen LogP contribution in [-0.2, 0) is 15.8 Å². The van der Waals surface area contributed by atoms with E-state index in [2.05, 4.69) is 0 Å². The maximum absolute atomic E-state index is 12.1. The van der Waals surface area contributed by atoms with Crippen LogP contribution in [0.25, 0.3) is 0 Å². The molecule has 9 heteroatoms. The van der Waals surface area contributed by atoms with Crippen LogP contribution in [0.5, 0.6) is 0 Å². The first kappa shape index (κ1) is 16.8. The molecule has 1 atom stereocenters. The second kappa shape index (κ2) is 6.49. The summed E-state index contributed by atoms with van der Waals surface area (Å²) < 4.78 is 25.6.